The summed E-state index contributed by atoms with van der Waals surface area (Å²) < 4.78 is 59.8. The maximum absolute atomic E-state index is 14.5. The Hall–Kier alpha value is -3.65. The Labute approximate surface area is 183 Å². The molecule has 0 amide bonds. The third-order valence-corrected chi connectivity index (χ3v) is 5.74. The monoisotopic (exact) mass is 461 g/mol. The first-order chi connectivity index (χ1) is 15.3. The van der Waals surface area contributed by atoms with Gasteiger partial charge in [-0.15, -0.1) is 11.3 Å². The minimum atomic E-state index is -4.42. The predicted molar refractivity (Wildman–Crippen MR) is 112 cm³/mol. The lowest BCUT2D eigenvalue weighted by molar-refractivity contribution is -0.137. The molecular formula is C21H15F4N5OS. The number of alkyl halides is 3. The van der Waals surface area contributed by atoms with Crippen molar-refractivity contribution in [1.29, 1.82) is 5.26 Å². The average Bonchev–Trinajstić information content (AvgIpc) is 3.40. The molecule has 4 aromatic rings. The van der Waals surface area contributed by atoms with Crippen molar-refractivity contribution < 1.29 is 22.3 Å². The Bertz CT molecular complexity index is 1320. The Morgan fingerprint density at radius 2 is 2.03 bits per heavy atom. The number of hydrogen-bond acceptors (Lipinski definition) is 6. The third kappa shape index (κ3) is 4.09. The molecule has 1 N–H and O–H groups in total. The summed E-state index contributed by atoms with van der Waals surface area (Å²) in [5.74, 6) is 0.369. The second-order valence-corrected chi connectivity index (χ2v) is 7.63. The van der Waals surface area contributed by atoms with Gasteiger partial charge in [0.05, 0.1) is 28.8 Å². The van der Waals surface area contributed by atoms with Crippen molar-refractivity contribution in [1.82, 2.24) is 14.5 Å². The molecule has 3 aromatic heterocycles. The van der Waals surface area contributed by atoms with E-state index in [0.29, 0.717) is 27.5 Å². The van der Waals surface area contributed by atoms with E-state index in [4.69, 9.17) is 4.74 Å². The molecule has 4 rings (SSSR count). The molecule has 0 atom stereocenters. The average molecular weight is 461 g/mol. The zero-order valence-corrected chi connectivity index (χ0v) is 17.4. The highest BCUT2D eigenvalue weighted by Crippen LogP contribution is 2.36. The molecule has 0 aliphatic carbocycles. The van der Waals surface area contributed by atoms with E-state index >= 15 is 0 Å². The number of halogens is 4. The van der Waals surface area contributed by atoms with Crippen molar-refractivity contribution in [2.24, 2.45) is 0 Å². The van der Waals surface area contributed by atoms with E-state index in [2.05, 4.69) is 21.4 Å². The Balaban J connectivity index is 1.54. The van der Waals surface area contributed by atoms with E-state index in [-0.39, 0.29) is 24.3 Å². The van der Waals surface area contributed by atoms with Gasteiger partial charge in [-0.3, -0.25) is 0 Å². The number of hydrogen-bond donors (Lipinski definition) is 1. The van der Waals surface area contributed by atoms with Crippen molar-refractivity contribution in [3.05, 3.63) is 59.1 Å². The van der Waals surface area contributed by atoms with Crippen LogP contribution in [0.2, 0.25) is 0 Å². The van der Waals surface area contributed by atoms with Gasteiger partial charge < -0.3 is 14.6 Å². The van der Waals surface area contributed by atoms with E-state index in [9.17, 15) is 22.8 Å². The highest BCUT2D eigenvalue weighted by Gasteiger charge is 2.31. The molecule has 32 heavy (non-hydrogen) atoms. The van der Waals surface area contributed by atoms with Gasteiger partial charge in [0, 0.05) is 29.9 Å². The van der Waals surface area contributed by atoms with Gasteiger partial charge in [-0.1, -0.05) is 0 Å². The van der Waals surface area contributed by atoms with E-state index in [1.807, 2.05) is 0 Å². The number of fused-ring (bicyclic) bond motifs is 1. The summed E-state index contributed by atoms with van der Waals surface area (Å²) in [5.41, 5.74) is 0.144. The van der Waals surface area contributed by atoms with Gasteiger partial charge in [-0.05, 0) is 24.3 Å². The van der Waals surface area contributed by atoms with Crippen LogP contribution in [-0.4, -0.2) is 28.2 Å². The second kappa shape index (κ2) is 8.47. The summed E-state index contributed by atoms with van der Waals surface area (Å²) in [4.78, 5) is 8.48. The number of ether oxygens (including phenoxy) is 1. The minimum Gasteiger partial charge on any atom is -0.496 e. The molecule has 0 bridgehead atoms. The lowest BCUT2D eigenvalue weighted by Gasteiger charge is -2.11. The molecule has 0 fully saturated rings. The van der Waals surface area contributed by atoms with Crippen LogP contribution in [0.1, 0.15) is 11.3 Å². The van der Waals surface area contributed by atoms with Gasteiger partial charge in [0.25, 0.3) is 0 Å². The largest absolute Gasteiger partial charge is 0.496 e. The zero-order valence-electron chi connectivity index (χ0n) is 16.6. The fraction of sp³-hybridized carbons (Fsp3) is 0.190. The first-order valence-electron chi connectivity index (χ1n) is 9.29. The van der Waals surface area contributed by atoms with Crippen LogP contribution in [-0.2, 0) is 12.7 Å². The molecule has 0 saturated heterocycles. The molecule has 3 heterocycles. The third-order valence-electron chi connectivity index (χ3n) is 4.79. The fourth-order valence-corrected chi connectivity index (χ4v) is 4.20. The number of rotatable bonds is 6. The van der Waals surface area contributed by atoms with Crippen LogP contribution in [0.25, 0.3) is 21.5 Å². The summed E-state index contributed by atoms with van der Waals surface area (Å²) in [6.07, 6.45) is -3.17. The number of thiophene rings is 1. The Morgan fingerprint density at radius 1 is 1.22 bits per heavy atom. The van der Waals surface area contributed by atoms with Gasteiger partial charge in [0.1, 0.15) is 35.5 Å². The van der Waals surface area contributed by atoms with Crippen molar-refractivity contribution in [2.75, 3.05) is 19.0 Å². The van der Waals surface area contributed by atoms with Gasteiger partial charge in [0.2, 0.25) is 0 Å². The Kier molecular flexibility index (Phi) is 5.71. The van der Waals surface area contributed by atoms with Gasteiger partial charge in [0.15, 0.2) is 0 Å². The van der Waals surface area contributed by atoms with Crippen molar-refractivity contribution in [3.8, 4) is 22.4 Å². The normalized spacial score (nSPS) is 11.5. The summed E-state index contributed by atoms with van der Waals surface area (Å²) in [7, 11) is 1.47. The number of nitrogens with one attached hydrogen (secondary N) is 1. The molecule has 0 unspecified atom stereocenters. The van der Waals surface area contributed by atoms with Crippen molar-refractivity contribution in [2.45, 2.75) is 12.7 Å². The van der Waals surface area contributed by atoms with Crippen molar-refractivity contribution >= 4 is 28.1 Å². The summed E-state index contributed by atoms with van der Waals surface area (Å²) in [6.45, 7) is 0.525. The number of nitrogens with zero attached hydrogens (tertiary/aromatic N) is 4. The smallest absolute Gasteiger partial charge is 0.417 e. The van der Waals surface area contributed by atoms with E-state index < -0.39 is 17.6 Å². The Morgan fingerprint density at radius 3 is 2.72 bits per heavy atom. The van der Waals surface area contributed by atoms with Gasteiger partial charge >= 0.3 is 6.18 Å². The molecular weight excluding hydrogens is 446 g/mol. The highest BCUT2D eigenvalue weighted by molar-refractivity contribution is 7.13. The second-order valence-electron chi connectivity index (χ2n) is 6.72. The SMILES string of the molecule is COc1ccc(F)c2c1cc(C#N)n2CCNc1cc(-c2cc(C(F)(F)F)cs2)ncn1. The van der Waals surface area contributed by atoms with Crippen LogP contribution in [0.4, 0.5) is 23.4 Å². The molecule has 0 aliphatic rings. The predicted octanol–water partition coefficient (Wildman–Crippen LogP) is 5.31. The summed E-state index contributed by atoms with van der Waals surface area (Å²) in [5, 5.41) is 14.0. The standard InChI is InChI=1S/C21H15F4N5OS/c1-31-17-3-2-15(22)20-14(17)7-13(9-26)30(20)5-4-27-19-8-16(28-11-29-19)18-6-12(10-32-18)21(23,24)25/h2-3,6-8,10-11H,4-5H2,1H3,(H,27,28,29). The first kappa shape index (κ1) is 21.6. The maximum Gasteiger partial charge on any atom is 0.417 e. The van der Waals surface area contributed by atoms with E-state index in [1.165, 1.54) is 36.2 Å². The van der Waals surface area contributed by atoms with Crippen LogP contribution < -0.4 is 10.1 Å². The fourth-order valence-electron chi connectivity index (χ4n) is 3.32. The van der Waals surface area contributed by atoms with Gasteiger partial charge in [-0.25, -0.2) is 14.4 Å². The lowest BCUT2D eigenvalue weighted by atomic mass is 10.2. The van der Waals surface area contributed by atoms with Crippen molar-refractivity contribution in [3.63, 3.8) is 0 Å². The first-order valence-corrected chi connectivity index (χ1v) is 10.2. The molecule has 1 aromatic carbocycles. The number of nitriles is 1. The lowest BCUT2D eigenvalue weighted by Crippen LogP contribution is -2.13. The molecule has 164 valence electrons. The maximum atomic E-state index is 14.5. The van der Waals surface area contributed by atoms with E-state index in [0.717, 1.165) is 22.8 Å². The highest BCUT2D eigenvalue weighted by atomic mass is 32.1. The number of methoxy groups -OCH3 is 1. The van der Waals surface area contributed by atoms with Crippen LogP contribution in [0.3, 0.4) is 0 Å². The summed E-state index contributed by atoms with van der Waals surface area (Å²) >= 11 is 0.940. The molecule has 6 nitrogen and oxygen atoms in total. The molecule has 0 radical (unpaired) electrons. The van der Waals surface area contributed by atoms with Gasteiger partial charge in [-0.2, -0.15) is 18.4 Å². The van der Waals surface area contributed by atoms with Crippen LogP contribution in [0.5, 0.6) is 5.75 Å². The molecule has 0 saturated carbocycles. The van der Waals surface area contributed by atoms with Crippen LogP contribution >= 0.6 is 11.3 Å². The summed E-state index contributed by atoms with van der Waals surface area (Å²) in [6, 6.07) is 8.97. The quantitative estimate of drug-likeness (QED) is 0.394. The zero-order chi connectivity index (χ0) is 22.9. The topological polar surface area (TPSA) is 75.8 Å². The number of benzene rings is 1. The number of anilines is 1. The van der Waals surface area contributed by atoms with Crippen LogP contribution in [0.15, 0.2) is 42.0 Å². The minimum absolute atomic E-state index is 0.243. The van der Waals surface area contributed by atoms with Crippen LogP contribution in [0, 0.1) is 17.1 Å². The molecule has 0 spiro atoms. The number of aromatic nitrogens is 3. The molecule has 0 aliphatic heterocycles. The van der Waals surface area contributed by atoms with E-state index in [1.54, 1.807) is 6.07 Å². The molecule has 11 heteroatoms.